The van der Waals surface area contributed by atoms with Crippen LogP contribution < -0.4 is 0 Å². The van der Waals surface area contributed by atoms with Crippen molar-refractivity contribution in [2.45, 2.75) is 13.8 Å². The van der Waals surface area contributed by atoms with Gasteiger partial charge >= 0.3 is 0 Å². The molecule has 1 heteroatoms. The summed E-state index contributed by atoms with van der Waals surface area (Å²) in [5.74, 6) is 6.16. The summed E-state index contributed by atoms with van der Waals surface area (Å²) in [5.41, 5.74) is 2.10. The van der Waals surface area contributed by atoms with Crippen LogP contribution in [0, 0.1) is 11.8 Å². The number of hydrogen-bond donors (Lipinski definition) is 1. The molecule has 0 amide bonds. The second-order valence-corrected chi connectivity index (χ2v) is 3.04. The molecule has 0 heterocycles. The van der Waals surface area contributed by atoms with Gasteiger partial charge in [-0.15, -0.1) is 0 Å². The number of aromatic hydroxyl groups is 1. The molecule has 0 radical (unpaired) electrons. The van der Waals surface area contributed by atoms with Gasteiger partial charge in [-0.05, 0) is 44.2 Å². The van der Waals surface area contributed by atoms with Gasteiger partial charge < -0.3 is 5.11 Å². The van der Waals surface area contributed by atoms with Gasteiger partial charge in [0.1, 0.15) is 5.75 Å². The molecule has 0 unspecified atom stereocenters. The zero-order valence-corrected chi connectivity index (χ0v) is 7.83. The quantitative estimate of drug-likeness (QED) is 0.596. The number of rotatable bonds is 0. The Morgan fingerprint density at radius 1 is 1.23 bits per heavy atom. The molecule has 13 heavy (non-hydrogen) atoms. The predicted octanol–water partition coefficient (Wildman–Crippen LogP) is 2.71. The largest absolute Gasteiger partial charge is 0.508 e. The molecule has 1 aromatic rings. The van der Waals surface area contributed by atoms with Crippen LogP contribution in [0.4, 0.5) is 0 Å². The summed E-state index contributed by atoms with van der Waals surface area (Å²) in [5, 5.41) is 9.01. The van der Waals surface area contributed by atoms with E-state index in [1.807, 2.05) is 19.9 Å². The van der Waals surface area contributed by atoms with Crippen molar-refractivity contribution in [1.82, 2.24) is 0 Å². The minimum Gasteiger partial charge on any atom is -0.508 e. The molecule has 0 bridgehead atoms. The fraction of sp³-hybridized carbons (Fsp3) is 0.167. The molecule has 0 aliphatic rings. The Labute approximate surface area is 78.7 Å². The highest BCUT2D eigenvalue weighted by Gasteiger charge is 1.86. The minimum absolute atomic E-state index is 0.271. The van der Waals surface area contributed by atoms with Crippen molar-refractivity contribution in [3.8, 4) is 17.6 Å². The standard InChI is InChI=1S/C12H12O/c1-10(2)4-3-5-11-6-8-12(13)9-7-11/h4,6-9,13H,1-2H3. The molecule has 0 atom stereocenters. The van der Waals surface area contributed by atoms with E-state index < -0.39 is 0 Å². The predicted molar refractivity (Wildman–Crippen MR) is 54.4 cm³/mol. The van der Waals surface area contributed by atoms with E-state index in [-0.39, 0.29) is 5.75 Å². The van der Waals surface area contributed by atoms with Crippen molar-refractivity contribution >= 4 is 0 Å². The molecule has 0 saturated carbocycles. The van der Waals surface area contributed by atoms with E-state index in [1.54, 1.807) is 24.3 Å². The van der Waals surface area contributed by atoms with Crippen LogP contribution in [0.5, 0.6) is 5.75 Å². The second-order valence-electron chi connectivity index (χ2n) is 3.04. The molecule has 0 aliphatic carbocycles. The Bertz CT molecular complexity index is 356. The summed E-state index contributed by atoms with van der Waals surface area (Å²) in [6, 6.07) is 6.85. The topological polar surface area (TPSA) is 20.2 Å². The molecule has 0 saturated heterocycles. The van der Waals surface area contributed by atoms with Crippen molar-refractivity contribution in [3.05, 3.63) is 41.5 Å². The van der Waals surface area contributed by atoms with Gasteiger partial charge in [0.25, 0.3) is 0 Å². The Morgan fingerprint density at radius 3 is 2.38 bits per heavy atom. The second kappa shape index (κ2) is 4.37. The van der Waals surface area contributed by atoms with Gasteiger partial charge in [0.2, 0.25) is 0 Å². The van der Waals surface area contributed by atoms with Crippen LogP contribution in [-0.2, 0) is 0 Å². The molecule has 0 spiro atoms. The zero-order chi connectivity index (χ0) is 9.68. The smallest absolute Gasteiger partial charge is 0.115 e. The number of hydrogen-bond acceptors (Lipinski definition) is 1. The number of phenols is 1. The van der Waals surface area contributed by atoms with Gasteiger partial charge in [-0.2, -0.15) is 0 Å². The maximum atomic E-state index is 9.01. The molecule has 1 N–H and O–H groups in total. The van der Waals surface area contributed by atoms with Gasteiger partial charge in [0.15, 0.2) is 0 Å². The van der Waals surface area contributed by atoms with Crippen LogP contribution in [0.3, 0.4) is 0 Å². The first-order valence-electron chi connectivity index (χ1n) is 4.12. The maximum absolute atomic E-state index is 9.01. The first kappa shape index (κ1) is 9.41. The molecule has 1 nitrogen and oxygen atoms in total. The van der Waals surface area contributed by atoms with Crippen LogP contribution in [0.25, 0.3) is 0 Å². The molecule has 0 aromatic heterocycles. The fourth-order valence-electron chi connectivity index (χ4n) is 0.809. The molecular formula is C12H12O. The van der Waals surface area contributed by atoms with Gasteiger partial charge in [-0.25, -0.2) is 0 Å². The van der Waals surface area contributed by atoms with Crippen LogP contribution in [0.2, 0.25) is 0 Å². The average Bonchev–Trinajstić information content (AvgIpc) is 2.08. The highest BCUT2D eigenvalue weighted by Crippen LogP contribution is 2.08. The van der Waals surface area contributed by atoms with Crippen molar-refractivity contribution in [2.75, 3.05) is 0 Å². The zero-order valence-electron chi connectivity index (χ0n) is 7.83. The molecule has 1 aromatic carbocycles. The first-order valence-corrected chi connectivity index (χ1v) is 4.12. The fourth-order valence-corrected chi connectivity index (χ4v) is 0.809. The van der Waals surface area contributed by atoms with Crippen LogP contribution in [0.15, 0.2) is 35.9 Å². The van der Waals surface area contributed by atoms with Crippen molar-refractivity contribution < 1.29 is 5.11 Å². The number of phenolic OH excluding ortho intramolecular Hbond substituents is 1. The lowest BCUT2D eigenvalue weighted by atomic mass is 10.2. The molecule has 66 valence electrons. The van der Waals surface area contributed by atoms with E-state index in [2.05, 4.69) is 11.8 Å². The number of allylic oxidation sites excluding steroid dienone is 2. The van der Waals surface area contributed by atoms with Gasteiger partial charge in [-0.1, -0.05) is 17.4 Å². The summed E-state index contributed by atoms with van der Waals surface area (Å²) in [6.07, 6.45) is 1.87. The van der Waals surface area contributed by atoms with E-state index >= 15 is 0 Å². The first-order chi connectivity index (χ1) is 6.18. The highest BCUT2D eigenvalue weighted by atomic mass is 16.3. The number of benzene rings is 1. The Kier molecular flexibility index (Phi) is 3.16. The molecular weight excluding hydrogens is 160 g/mol. The van der Waals surface area contributed by atoms with E-state index in [0.717, 1.165) is 5.56 Å². The summed E-state index contributed by atoms with van der Waals surface area (Å²) in [4.78, 5) is 0. The average molecular weight is 172 g/mol. The normalized spacial score (nSPS) is 8.46. The summed E-state index contributed by atoms with van der Waals surface area (Å²) < 4.78 is 0. The van der Waals surface area contributed by atoms with E-state index in [9.17, 15) is 0 Å². The van der Waals surface area contributed by atoms with Crippen molar-refractivity contribution in [3.63, 3.8) is 0 Å². The Hall–Kier alpha value is -1.68. The SMILES string of the molecule is CC(C)=CC#Cc1ccc(O)cc1. The van der Waals surface area contributed by atoms with Gasteiger partial charge in [0.05, 0.1) is 0 Å². The van der Waals surface area contributed by atoms with E-state index in [1.165, 1.54) is 5.57 Å². The summed E-state index contributed by atoms with van der Waals surface area (Å²) in [6.45, 7) is 4.01. The molecule has 0 fully saturated rings. The minimum atomic E-state index is 0.271. The van der Waals surface area contributed by atoms with Crippen LogP contribution in [0.1, 0.15) is 19.4 Å². The summed E-state index contributed by atoms with van der Waals surface area (Å²) >= 11 is 0. The van der Waals surface area contributed by atoms with Crippen LogP contribution >= 0.6 is 0 Å². The third kappa shape index (κ3) is 3.48. The third-order valence-electron chi connectivity index (χ3n) is 1.44. The lowest BCUT2D eigenvalue weighted by Crippen LogP contribution is -1.71. The van der Waals surface area contributed by atoms with Crippen molar-refractivity contribution in [2.24, 2.45) is 0 Å². The van der Waals surface area contributed by atoms with Gasteiger partial charge in [0, 0.05) is 5.56 Å². The lowest BCUT2D eigenvalue weighted by Gasteiger charge is -1.89. The van der Waals surface area contributed by atoms with E-state index in [0.29, 0.717) is 0 Å². The monoisotopic (exact) mass is 172 g/mol. The summed E-state index contributed by atoms with van der Waals surface area (Å²) in [7, 11) is 0. The maximum Gasteiger partial charge on any atom is 0.115 e. The van der Waals surface area contributed by atoms with Gasteiger partial charge in [-0.3, -0.25) is 0 Å². The lowest BCUT2D eigenvalue weighted by molar-refractivity contribution is 0.475. The van der Waals surface area contributed by atoms with Crippen LogP contribution in [-0.4, -0.2) is 5.11 Å². The molecule has 0 aliphatic heterocycles. The molecule has 1 rings (SSSR count). The highest BCUT2D eigenvalue weighted by molar-refractivity contribution is 5.39. The van der Waals surface area contributed by atoms with E-state index in [4.69, 9.17) is 5.11 Å². The Morgan fingerprint density at radius 2 is 1.85 bits per heavy atom. The van der Waals surface area contributed by atoms with Crippen molar-refractivity contribution in [1.29, 1.82) is 0 Å². The Balaban J connectivity index is 2.79. The third-order valence-corrected chi connectivity index (χ3v) is 1.44.